The van der Waals surface area contributed by atoms with Crippen LogP contribution < -0.4 is 4.74 Å². The van der Waals surface area contributed by atoms with E-state index in [1.54, 1.807) is 0 Å². The molecule has 1 fully saturated rings. The number of hydrogen-bond donors (Lipinski definition) is 4. The predicted molar refractivity (Wildman–Crippen MR) is 130 cm³/mol. The summed E-state index contributed by atoms with van der Waals surface area (Å²) in [6, 6.07) is 13.2. The molecule has 1 aliphatic carbocycles. The van der Waals surface area contributed by atoms with Gasteiger partial charge in [-0.15, -0.1) is 0 Å². The van der Waals surface area contributed by atoms with Crippen molar-refractivity contribution in [1.82, 2.24) is 9.88 Å². The highest BCUT2D eigenvalue weighted by Gasteiger charge is 2.40. The molecule has 1 unspecified atom stereocenters. The number of rotatable bonds is 9. The van der Waals surface area contributed by atoms with Crippen LogP contribution in [-0.4, -0.2) is 64.1 Å². The molecule has 3 atom stereocenters. The molecule has 4 N–H and O–H groups in total. The second-order valence-electron chi connectivity index (χ2n) is 9.76. The third kappa shape index (κ3) is 4.82. The first-order valence-corrected chi connectivity index (χ1v) is 12.1. The van der Waals surface area contributed by atoms with Gasteiger partial charge in [0.1, 0.15) is 18.5 Å². The largest absolute Gasteiger partial charge is 0.491 e. The summed E-state index contributed by atoms with van der Waals surface area (Å²) in [5.41, 5.74) is 4.39. The van der Waals surface area contributed by atoms with E-state index in [0.29, 0.717) is 23.9 Å². The van der Waals surface area contributed by atoms with E-state index in [0.717, 1.165) is 41.4 Å². The molecule has 2 heterocycles. The van der Waals surface area contributed by atoms with Gasteiger partial charge in [-0.25, -0.2) is 4.90 Å². The minimum Gasteiger partial charge on any atom is -0.491 e. The molecule has 7 nitrogen and oxygen atoms in total. The quantitative estimate of drug-likeness (QED) is 0.345. The Kier molecular flexibility index (Phi) is 6.59. The first-order chi connectivity index (χ1) is 16.4. The average Bonchev–Trinajstić information content (AvgIpc) is 3.48. The SMILES string of the molecule is CC1(COC(O)N2CCc3c([nH]c4ccc(Cl)cc34)[C@@H]2c2ccc(OC[C@H](O)CO)cc2)CC1. The molecule has 0 bridgehead atoms. The van der Waals surface area contributed by atoms with E-state index in [9.17, 15) is 10.2 Å². The van der Waals surface area contributed by atoms with Gasteiger partial charge in [0, 0.05) is 28.2 Å². The van der Waals surface area contributed by atoms with Crippen molar-refractivity contribution in [3.8, 4) is 5.75 Å². The zero-order chi connectivity index (χ0) is 23.9. The van der Waals surface area contributed by atoms with Gasteiger partial charge in [-0.05, 0) is 66.1 Å². The molecule has 34 heavy (non-hydrogen) atoms. The third-order valence-corrected chi connectivity index (χ3v) is 7.18. The van der Waals surface area contributed by atoms with Crippen LogP contribution in [0.1, 0.15) is 42.6 Å². The summed E-state index contributed by atoms with van der Waals surface area (Å²) in [6.07, 6.45) is 1.07. The molecule has 1 aromatic heterocycles. The van der Waals surface area contributed by atoms with Gasteiger partial charge in [0.05, 0.1) is 19.3 Å². The van der Waals surface area contributed by atoms with E-state index in [-0.39, 0.29) is 24.7 Å². The molecule has 1 aliphatic heterocycles. The second-order valence-corrected chi connectivity index (χ2v) is 10.2. The fourth-order valence-corrected chi connectivity index (χ4v) is 4.77. The Balaban J connectivity index is 1.46. The maximum atomic E-state index is 11.1. The highest BCUT2D eigenvalue weighted by atomic mass is 35.5. The van der Waals surface area contributed by atoms with Gasteiger partial charge in [-0.3, -0.25) is 0 Å². The summed E-state index contributed by atoms with van der Waals surface area (Å²) in [5, 5.41) is 31.4. The van der Waals surface area contributed by atoms with Gasteiger partial charge < -0.3 is 29.8 Å². The number of hydrogen-bond acceptors (Lipinski definition) is 6. The zero-order valence-corrected chi connectivity index (χ0v) is 20.0. The molecule has 0 radical (unpaired) electrons. The number of halogens is 1. The van der Waals surface area contributed by atoms with Crippen LogP contribution in [0.4, 0.5) is 0 Å². The molecule has 8 heteroatoms. The number of nitrogens with one attached hydrogen (secondary N) is 1. The van der Waals surface area contributed by atoms with Crippen LogP contribution in [0, 0.1) is 5.41 Å². The molecular weight excluding hydrogens is 456 g/mol. The molecule has 1 saturated carbocycles. The molecule has 2 aliphatic rings. The molecule has 2 aromatic carbocycles. The predicted octanol–water partition coefficient (Wildman–Crippen LogP) is 3.59. The van der Waals surface area contributed by atoms with Crippen LogP contribution in [0.25, 0.3) is 10.9 Å². The molecule has 0 amide bonds. The van der Waals surface area contributed by atoms with Gasteiger partial charge in [0.2, 0.25) is 6.41 Å². The Bertz CT molecular complexity index is 1140. The van der Waals surface area contributed by atoms with Crippen molar-refractivity contribution in [1.29, 1.82) is 0 Å². The Labute approximate surface area is 203 Å². The van der Waals surface area contributed by atoms with Gasteiger partial charge >= 0.3 is 0 Å². The van der Waals surface area contributed by atoms with E-state index in [4.69, 9.17) is 26.2 Å². The van der Waals surface area contributed by atoms with Crippen molar-refractivity contribution in [2.24, 2.45) is 5.41 Å². The molecule has 0 spiro atoms. The maximum Gasteiger partial charge on any atom is 0.216 e. The summed E-state index contributed by atoms with van der Waals surface area (Å²) in [4.78, 5) is 5.55. The van der Waals surface area contributed by atoms with E-state index < -0.39 is 12.5 Å². The lowest BCUT2D eigenvalue weighted by Crippen LogP contribution is -2.45. The summed E-state index contributed by atoms with van der Waals surface area (Å²) >= 11 is 6.29. The summed E-state index contributed by atoms with van der Waals surface area (Å²) in [7, 11) is 0. The van der Waals surface area contributed by atoms with E-state index in [1.165, 1.54) is 5.56 Å². The average molecular weight is 487 g/mol. The lowest BCUT2D eigenvalue weighted by atomic mass is 9.92. The van der Waals surface area contributed by atoms with Crippen molar-refractivity contribution in [2.75, 3.05) is 26.4 Å². The highest BCUT2D eigenvalue weighted by Crippen LogP contribution is 2.46. The minimum absolute atomic E-state index is 0.0175. The van der Waals surface area contributed by atoms with Crippen LogP contribution in [0.3, 0.4) is 0 Å². The highest BCUT2D eigenvalue weighted by molar-refractivity contribution is 6.31. The van der Waals surface area contributed by atoms with E-state index in [1.807, 2.05) is 47.4 Å². The monoisotopic (exact) mass is 486 g/mol. The number of H-pyrrole nitrogens is 1. The number of aliphatic hydroxyl groups is 3. The number of aliphatic hydroxyl groups excluding tert-OH is 3. The van der Waals surface area contributed by atoms with Crippen LogP contribution >= 0.6 is 11.6 Å². The van der Waals surface area contributed by atoms with Gasteiger partial charge in [0.15, 0.2) is 0 Å². The third-order valence-electron chi connectivity index (χ3n) is 6.94. The molecule has 0 saturated heterocycles. The van der Waals surface area contributed by atoms with Crippen LogP contribution in [0.2, 0.25) is 5.02 Å². The van der Waals surface area contributed by atoms with Crippen LogP contribution in [0.15, 0.2) is 42.5 Å². The normalized spacial score (nSPS) is 21.3. The van der Waals surface area contributed by atoms with E-state index >= 15 is 0 Å². The molecular formula is C26H31ClN2O5. The van der Waals surface area contributed by atoms with E-state index in [2.05, 4.69) is 11.9 Å². The summed E-state index contributed by atoms with van der Waals surface area (Å²) in [6.45, 7) is 3.02. The maximum absolute atomic E-state index is 11.1. The zero-order valence-electron chi connectivity index (χ0n) is 19.2. The fourth-order valence-electron chi connectivity index (χ4n) is 4.60. The van der Waals surface area contributed by atoms with Crippen molar-refractivity contribution in [3.05, 3.63) is 64.3 Å². The topological polar surface area (TPSA) is 98.2 Å². The lowest BCUT2D eigenvalue weighted by Gasteiger charge is -2.39. The summed E-state index contributed by atoms with van der Waals surface area (Å²) < 4.78 is 11.5. The Morgan fingerprint density at radius 3 is 2.65 bits per heavy atom. The second kappa shape index (κ2) is 9.49. The Hall–Kier alpha value is -2.13. The Morgan fingerprint density at radius 1 is 1.18 bits per heavy atom. The lowest BCUT2D eigenvalue weighted by molar-refractivity contribution is -0.211. The molecule has 5 rings (SSSR count). The smallest absolute Gasteiger partial charge is 0.216 e. The van der Waals surface area contributed by atoms with Crippen molar-refractivity contribution >= 4 is 22.5 Å². The number of benzene rings is 2. The van der Waals surface area contributed by atoms with Crippen LogP contribution in [0.5, 0.6) is 5.75 Å². The first-order valence-electron chi connectivity index (χ1n) is 11.7. The van der Waals surface area contributed by atoms with Crippen molar-refractivity contribution in [2.45, 2.75) is 44.7 Å². The van der Waals surface area contributed by atoms with Crippen LogP contribution in [-0.2, 0) is 11.2 Å². The fraction of sp³-hybridized carbons (Fsp3) is 0.462. The van der Waals surface area contributed by atoms with Crippen molar-refractivity contribution in [3.63, 3.8) is 0 Å². The standard InChI is InChI=1S/C26H31ClN2O5/c1-26(9-10-26)15-34-25(32)29-11-8-20-21-12-17(27)4-7-22(21)28-23(20)24(29)16-2-5-19(6-3-16)33-14-18(31)13-30/h2-7,12,18,24-25,28,30-32H,8-11,13-15H2,1H3/t18-,24+,25?/m1/s1. The minimum atomic E-state index is -1.03. The number of fused-ring (bicyclic) bond motifs is 3. The molecule has 182 valence electrons. The number of aromatic amines is 1. The number of ether oxygens (including phenoxy) is 2. The Morgan fingerprint density at radius 2 is 1.94 bits per heavy atom. The summed E-state index contributed by atoms with van der Waals surface area (Å²) in [5.74, 6) is 0.598. The number of aromatic nitrogens is 1. The van der Waals surface area contributed by atoms with Gasteiger partial charge in [0.25, 0.3) is 0 Å². The number of nitrogens with zero attached hydrogens (tertiary/aromatic N) is 1. The van der Waals surface area contributed by atoms with Gasteiger partial charge in [-0.2, -0.15) is 0 Å². The first kappa shape index (κ1) is 23.6. The van der Waals surface area contributed by atoms with Crippen molar-refractivity contribution < 1.29 is 24.8 Å². The van der Waals surface area contributed by atoms with Gasteiger partial charge in [-0.1, -0.05) is 30.7 Å². The molecule has 3 aromatic rings.